The normalized spacial score (nSPS) is 15.0. The van der Waals surface area contributed by atoms with E-state index in [2.05, 4.69) is 31.0 Å². The van der Waals surface area contributed by atoms with E-state index in [0.717, 1.165) is 38.0 Å². The zero-order chi connectivity index (χ0) is 15.8. The third kappa shape index (κ3) is 5.45. The first-order valence-electron chi connectivity index (χ1n) is 8.61. The van der Waals surface area contributed by atoms with Gasteiger partial charge in [-0.3, -0.25) is 0 Å². The molecule has 0 saturated carbocycles. The van der Waals surface area contributed by atoms with Crippen LogP contribution in [0.1, 0.15) is 56.7 Å². The maximum atomic E-state index is 5.28. The molecule has 0 aromatic carbocycles. The summed E-state index contributed by atoms with van der Waals surface area (Å²) in [6.07, 6.45) is 9.53. The molecule has 122 valence electrons. The van der Waals surface area contributed by atoms with Gasteiger partial charge in [-0.1, -0.05) is 24.6 Å². The second-order valence-electron chi connectivity index (χ2n) is 6.40. The Bertz CT molecular complexity index is 484. The first kappa shape index (κ1) is 17.0. The van der Waals surface area contributed by atoms with Crippen molar-refractivity contribution < 1.29 is 4.74 Å². The van der Waals surface area contributed by atoms with Gasteiger partial charge in [0.1, 0.15) is 5.82 Å². The lowest BCUT2D eigenvalue weighted by molar-refractivity contribution is 0.118. The molecule has 0 unspecified atom stereocenters. The lowest BCUT2D eigenvalue weighted by Gasteiger charge is -2.17. The van der Waals surface area contributed by atoms with Crippen molar-refractivity contribution in [3.8, 4) is 0 Å². The number of aromatic nitrogens is 1. The summed E-state index contributed by atoms with van der Waals surface area (Å²) in [7, 11) is 1.76. The molecule has 0 fully saturated rings. The van der Waals surface area contributed by atoms with E-state index in [9.17, 15) is 0 Å². The Kier molecular flexibility index (Phi) is 6.91. The predicted octanol–water partition coefficient (Wildman–Crippen LogP) is 4.52. The number of nitrogens with one attached hydrogen (secondary N) is 1. The second kappa shape index (κ2) is 8.94. The summed E-state index contributed by atoms with van der Waals surface area (Å²) in [6.45, 7) is 7.31. The molecule has 0 aliphatic carbocycles. The van der Waals surface area contributed by atoms with E-state index in [0.29, 0.717) is 6.10 Å². The molecule has 3 heteroatoms. The molecule has 0 amide bonds. The Hall–Kier alpha value is -1.35. The van der Waals surface area contributed by atoms with Crippen molar-refractivity contribution in [3.63, 3.8) is 0 Å². The van der Waals surface area contributed by atoms with Crippen LogP contribution in [0.3, 0.4) is 0 Å². The van der Waals surface area contributed by atoms with E-state index >= 15 is 0 Å². The second-order valence-corrected chi connectivity index (χ2v) is 6.40. The van der Waals surface area contributed by atoms with E-state index in [1.54, 1.807) is 7.11 Å². The number of aryl methyl sites for hydroxylation is 2. The van der Waals surface area contributed by atoms with Gasteiger partial charge in [-0.25, -0.2) is 4.98 Å². The van der Waals surface area contributed by atoms with Crippen molar-refractivity contribution in [2.45, 2.75) is 64.4 Å². The van der Waals surface area contributed by atoms with Crippen molar-refractivity contribution in [2.24, 2.45) is 0 Å². The summed E-state index contributed by atoms with van der Waals surface area (Å²) in [5, 5.41) is 3.41. The fourth-order valence-electron chi connectivity index (χ4n) is 2.96. The Morgan fingerprint density at radius 3 is 3.05 bits per heavy atom. The van der Waals surface area contributed by atoms with Crippen LogP contribution in [0.15, 0.2) is 24.3 Å². The standard InChI is InChI=1S/C19H30N2O/c1-15(14-16(2)22-3)8-5-4-6-10-18-12-11-17-9-7-13-20-19(17)21-18/h11-12,16H,1,4-10,13-14H2,2-3H3,(H,20,21)/t16-/m1/s1. The van der Waals surface area contributed by atoms with Crippen LogP contribution in [0.2, 0.25) is 0 Å². The van der Waals surface area contributed by atoms with Crippen molar-refractivity contribution in [1.82, 2.24) is 4.98 Å². The van der Waals surface area contributed by atoms with Gasteiger partial charge in [0.05, 0.1) is 6.10 Å². The number of hydrogen-bond donors (Lipinski definition) is 1. The average Bonchev–Trinajstić information content (AvgIpc) is 2.54. The topological polar surface area (TPSA) is 34.2 Å². The summed E-state index contributed by atoms with van der Waals surface area (Å²) < 4.78 is 5.28. The molecule has 1 N–H and O–H groups in total. The highest BCUT2D eigenvalue weighted by Crippen LogP contribution is 2.21. The number of unbranched alkanes of at least 4 members (excludes halogenated alkanes) is 2. The van der Waals surface area contributed by atoms with Gasteiger partial charge < -0.3 is 10.1 Å². The maximum Gasteiger partial charge on any atom is 0.129 e. The van der Waals surface area contributed by atoms with Crippen molar-refractivity contribution in [2.75, 3.05) is 19.0 Å². The molecule has 1 atom stereocenters. The lowest BCUT2D eigenvalue weighted by atomic mass is 10.0. The average molecular weight is 302 g/mol. The SMILES string of the molecule is C=C(CCCCCc1ccc2c(n1)NCCC2)C[C@@H](C)OC. The zero-order valence-corrected chi connectivity index (χ0v) is 14.2. The summed E-state index contributed by atoms with van der Waals surface area (Å²) in [4.78, 5) is 4.75. The highest BCUT2D eigenvalue weighted by Gasteiger charge is 2.10. The molecule has 1 aliphatic rings. The summed E-state index contributed by atoms with van der Waals surface area (Å²) >= 11 is 0. The molecular weight excluding hydrogens is 272 g/mol. The van der Waals surface area contributed by atoms with Gasteiger partial charge in [-0.2, -0.15) is 0 Å². The molecule has 1 aromatic heterocycles. The van der Waals surface area contributed by atoms with E-state index in [-0.39, 0.29) is 0 Å². The van der Waals surface area contributed by atoms with Crippen molar-refractivity contribution >= 4 is 5.82 Å². The number of fused-ring (bicyclic) bond motifs is 1. The number of pyridine rings is 1. The van der Waals surface area contributed by atoms with Crippen molar-refractivity contribution in [3.05, 3.63) is 35.5 Å². The Morgan fingerprint density at radius 2 is 2.23 bits per heavy atom. The summed E-state index contributed by atoms with van der Waals surface area (Å²) in [6, 6.07) is 4.45. The van der Waals surface area contributed by atoms with Crippen LogP contribution in [0.25, 0.3) is 0 Å². The molecule has 3 nitrogen and oxygen atoms in total. The van der Waals surface area contributed by atoms with E-state index in [1.807, 2.05) is 0 Å². The molecule has 0 bridgehead atoms. The van der Waals surface area contributed by atoms with E-state index in [1.165, 1.54) is 42.5 Å². The Morgan fingerprint density at radius 1 is 1.36 bits per heavy atom. The van der Waals surface area contributed by atoms with Gasteiger partial charge in [0, 0.05) is 19.3 Å². The molecule has 2 rings (SSSR count). The van der Waals surface area contributed by atoms with Crippen LogP contribution < -0.4 is 5.32 Å². The van der Waals surface area contributed by atoms with Crippen LogP contribution in [-0.4, -0.2) is 24.7 Å². The number of hydrogen-bond acceptors (Lipinski definition) is 3. The third-order valence-electron chi connectivity index (χ3n) is 4.39. The summed E-state index contributed by atoms with van der Waals surface area (Å²) in [5.41, 5.74) is 3.91. The quantitative estimate of drug-likeness (QED) is 0.538. The Balaban J connectivity index is 1.63. The number of nitrogens with zero attached hydrogens (tertiary/aromatic N) is 1. The highest BCUT2D eigenvalue weighted by atomic mass is 16.5. The number of anilines is 1. The maximum absolute atomic E-state index is 5.28. The van der Waals surface area contributed by atoms with Crippen LogP contribution in [0.5, 0.6) is 0 Å². The van der Waals surface area contributed by atoms with Gasteiger partial charge in [0.15, 0.2) is 0 Å². The first-order valence-corrected chi connectivity index (χ1v) is 8.61. The minimum absolute atomic E-state index is 0.291. The molecule has 22 heavy (non-hydrogen) atoms. The third-order valence-corrected chi connectivity index (χ3v) is 4.39. The highest BCUT2D eigenvalue weighted by molar-refractivity contribution is 5.46. The van der Waals surface area contributed by atoms with E-state index < -0.39 is 0 Å². The van der Waals surface area contributed by atoms with Crippen LogP contribution >= 0.6 is 0 Å². The number of rotatable bonds is 9. The Labute approximate surface area is 135 Å². The molecule has 1 aliphatic heterocycles. The van der Waals surface area contributed by atoms with Gasteiger partial charge >= 0.3 is 0 Å². The molecule has 0 radical (unpaired) electrons. The van der Waals surface area contributed by atoms with Gasteiger partial charge in [-0.05, 0) is 63.5 Å². The molecule has 0 spiro atoms. The van der Waals surface area contributed by atoms with Crippen LogP contribution in [0.4, 0.5) is 5.82 Å². The fourth-order valence-corrected chi connectivity index (χ4v) is 2.96. The summed E-state index contributed by atoms with van der Waals surface area (Å²) in [5.74, 6) is 1.12. The zero-order valence-electron chi connectivity index (χ0n) is 14.2. The lowest BCUT2D eigenvalue weighted by Crippen LogP contribution is -2.13. The first-order chi connectivity index (χ1) is 10.7. The van der Waals surface area contributed by atoms with Crippen LogP contribution in [-0.2, 0) is 17.6 Å². The predicted molar refractivity (Wildman–Crippen MR) is 93.4 cm³/mol. The number of ether oxygens (including phenoxy) is 1. The smallest absolute Gasteiger partial charge is 0.129 e. The van der Waals surface area contributed by atoms with Gasteiger partial charge in [-0.15, -0.1) is 0 Å². The van der Waals surface area contributed by atoms with Gasteiger partial charge in [0.25, 0.3) is 0 Å². The van der Waals surface area contributed by atoms with Gasteiger partial charge in [0.2, 0.25) is 0 Å². The van der Waals surface area contributed by atoms with Crippen LogP contribution in [0, 0.1) is 0 Å². The monoisotopic (exact) mass is 302 g/mol. The minimum Gasteiger partial charge on any atom is -0.381 e. The largest absolute Gasteiger partial charge is 0.381 e. The fraction of sp³-hybridized carbons (Fsp3) is 0.632. The van der Waals surface area contributed by atoms with Crippen molar-refractivity contribution in [1.29, 1.82) is 0 Å². The van der Waals surface area contributed by atoms with E-state index in [4.69, 9.17) is 9.72 Å². The molecule has 1 aromatic rings. The molecule has 2 heterocycles. The minimum atomic E-state index is 0.291. The number of methoxy groups -OCH3 is 1. The molecular formula is C19H30N2O. The molecule has 0 saturated heterocycles.